The molecule has 4 rings (SSSR count). The number of ketones is 1. The SMILES string of the molecule is CC(=[OH+])/C=C(/C)O.[Ir].[c-]1ccccc1-c1ccccn1.c1ccc(-c2ccccn2)cc1. The van der Waals surface area contributed by atoms with E-state index in [1.807, 2.05) is 85.1 Å². The quantitative estimate of drug-likeness (QED) is 0.129. The van der Waals surface area contributed by atoms with Crippen LogP contribution in [0.5, 0.6) is 0 Å². The molecule has 32 heavy (non-hydrogen) atoms. The van der Waals surface area contributed by atoms with Crippen LogP contribution in [-0.2, 0) is 20.1 Å². The third-order valence-corrected chi connectivity index (χ3v) is 3.80. The molecule has 4 aromatic rings. The van der Waals surface area contributed by atoms with Crippen LogP contribution in [0.2, 0.25) is 0 Å². The van der Waals surface area contributed by atoms with Gasteiger partial charge in [-0.05, 0) is 30.8 Å². The summed E-state index contributed by atoms with van der Waals surface area (Å²) in [7, 11) is 0. The van der Waals surface area contributed by atoms with Crippen LogP contribution >= 0.6 is 0 Å². The maximum absolute atomic E-state index is 8.40. The number of hydrogen-bond acceptors (Lipinski definition) is 3. The number of pyridine rings is 2. The first-order valence-electron chi connectivity index (χ1n) is 9.80. The van der Waals surface area contributed by atoms with E-state index in [1.165, 1.54) is 19.9 Å². The molecule has 0 aliphatic carbocycles. The molecule has 4 nitrogen and oxygen atoms in total. The largest absolute Gasteiger partial charge is 0.512 e. The van der Waals surface area contributed by atoms with Crippen molar-refractivity contribution in [3.63, 3.8) is 0 Å². The standard InChI is InChI=1S/C11H9N.C11H8N.C5H8O2.Ir/c2*1-2-6-10(7-3-1)11-8-4-5-9-12-11;1-4(6)3-5(2)7;/h1-9H;1-6,8-9H;3,6H,1-2H3;/q;-1;;/p+1/b;;4-3-;. The molecule has 0 spiro atoms. The Hall–Kier alpha value is -3.40. The van der Waals surface area contributed by atoms with Crippen LogP contribution in [0.4, 0.5) is 0 Å². The molecule has 0 amide bonds. The van der Waals surface area contributed by atoms with Gasteiger partial charge in [0.2, 0.25) is 0 Å². The van der Waals surface area contributed by atoms with Gasteiger partial charge in [-0.15, -0.1) is 35.9 Å². The number of aliphatic hydroxyl groups is 1. The van der Waals surface area contributed by atoms with Crippen LogP contribution in [0, 0.1) is 6.07 Å². The summed E-state index contributed by atoms with van der Waals surface area (Å²) >= 11 is 0. The molecule has 2 aromatic carbocycles. The van der Waals surface area contributed by atoms with Crippen LogP contribution < -0.4 is 0 Å². The maximum Gasteiger partial charge on any atom is 0.316 e. The van der Waals surface area contributed by atoms with E-state index in [2.05, 4.69) is 28.2 Å². The zero-order chi connectivity index (χ0) is 22.3. The molecule has 165 valence electrons. The Bertz CT molecular complexity index is 902. The number of benzene rings is 2. The molecule has 2 N–H and O–H groups in total. The molecule has 0 bridgehead atoms. The monoisotopic (exact) mass is 603 g/mol. The predicted molar refractivity (Wildman–Crippen MR) is 127 cm³/mol. The van der Waals surface area contributed by atoms with E-state index in [1.54, 1.807) is 6.20 Å². The first-order chi connectivity index (χ1) is 15.1. The summed E-state index contributed by atoms with van der Waals surface area (Å²) < 4.78 is 0. The summed E-state index contributed by atoms with van der Waals surface area (Å²) in [6.45, 7) is 3.00. The number of rotatable bonds is 3. The van der Waals surface area contributed by atoms with Gasteiger partial charge in [0.05, 0.1) is 24.5 Å². The minimum atomic E-state index is 0. The Kier molecular flexibility index (Phi) is 12.8. The van der Waals surface area contributed by atoms with Gasteiger partial charge < -0.3 is 10.1 Å². The van der Waals surface area contributed by atoms with Crippen molar-refractivity contribution in [3.05, 3.63) is 121 Å². The molecule has 0 atom stereocenters. The fraction of sp³-hybridized carbons (Fsp3) is 0.0741. The van der Waals surface area contributed by atoms with Crippen molar-refractivity contribution >= 4 is 5.78 Å². The van der Waals surface area contributed by atoms with Crippen LogP contribution in [0.25, 0.3) is 22.5 Å². The molecule has 0 saturated heterocycles. The Labute approximate surface area is 203 Å². The molecular formula is C27H26IrN2O2. The third kappa shape index (κ3) is 10.6. The minimum absolute atomic E-state index is 0. The van der Waals surface area contributed by atoms with Crippen LogP contribution in [0.3, 0.4) is 0 Å². The molecule has 2 aromatic heterocycles. The van der Waals surface area contributed by atoms with Crippen LogP contribution in [0.15, 0.2) is 115 Å². The summed E-state index contributed by atoms with van der Waals surface area (Å²) in [6, 6.07) is 32.9. The number of carbonyl (C=O) groups excluding carboxylic acids is 1. The number of hydrogen-bond donors (Lipinski definition) is 1. The molecule has 0 aliphatic rings. The molecule has 0 saturated carbocycles. The van der Waals surface area contributed by atoms with Gasteiger partial charge in [0.15, 0.2) is 0 Å². The Morgan fingerprint density at radius 1 is 0.781 bits per heavy atom. The summed E-state index contributed by atoms with van der Waals surface area (Å²) in [5.41, 5.74) is 4.20. The summed E-state index contributed by atoms with van der Waals surface area (Å²) in [5.74, 6) is 0.250. The van der Waals surface area contributed by atoms with E-state index in [4.69, 9.17) is 9.90 Å². The van der Waals surface area contributed by atoms with Crippen molar-refractivity contribution in [2.75, 3.05) is 0 Å². The predicted octanol–water partition coefficient (Wildman–Crippen LogP) is 6.31. The smallest absolute Gasteiger partial charge is 0.316 e. The Morgan fingerprint density at radius 3 is 1.78 bits per heavy atom. The van der Waals surface area contributed by atoms with Crippen LogP contribution in [0.1, 0.15) is 13.8 Å². The Morgan fingerprint density at radius 2 is 1.34 bits per heavy atom. The average molecular weight is 603 g/mol. The fourth-order valence-electron chi connectivity index (χ4n) is 2.52. The maximum atomic E-state index is 8.40. The fourth-order valence-corrected chi connectivity index (χ4v) is 2.52. The van der Waals surface area contributed by atoms with Crippen molar-refractivity contribution in [3.8, 4) is 22.5 Å². The van der Waals surface area contributed by atoms with E-state index >= 15 is 0 Å². The van der Waals surface area contributed by atoms with E-state index in [0.717, 1.165) is 22.5 Å². The third-order valence-electron chi connectivity index (χ3n) is 3.80. The zero-order valence-electron chi connectivity index (χ0n) is 18.0. The van der Waals surface area contributed by atoms with E-state index in [0.29, 0.717) is 0 Å². The molecule has 0 fully saturated rings. The average Bonchev–Trinajstić information content (AvgIpc) is 2.81. The summed E-state index contributed by atoms with van der Waals surface area (Å²) in [5, 5.41) is 8.40. The molecule has 0 unspecified atom stereocenters. The van der Waals surface area contributed by atoms with Gasteiger partial charge in [0, 0.05) is 38.1 Å². The topological polar surface area (TPSA) is 67.4 Å². The second kappa shape index (κ2) is 15.4. The second-order valence-electron chi connectivity index (χ2n) is 6.50. The van der Waals surface area contributed by atoms with Gasteiger partial charge in [-0.3, -0.25) is 9.78 Å². The number of allylic oxidation sites excluding steroid dienone is 2. The van der Waals surface area contributed by atoms with Gasteiger partial charge in [-0.2, -0.15) is 0 Å². The van der Waals surface area contributed by atoms with Crippen molar-refractivity contribution in [1.82, 2.24) is 9.97 Å². The van der Waals surface area contributed by atoms with E-state index in [9.17, 15) is 0 Å². The first kappa shape index (κ1) is 26.6. The summed E-state index contributed by atoms with van der Waals surface area (Å²) in [4.78, 5) is 16.9. The molecule has 0 aliphatic heterocycles. The van der Waals surface area contributed by atoms with Crippen molar-refractivity contribution in [2.45, 2.75) is 13.8 Å². The number of nitrogens with zero attached hydrogens (tertiary/aromatic N) is 2. The Balaban J connectivity index is 0.000000246. The van der Waals surface area contributed by atoms with Crippen molar-refractivity contribution < 1.29 is 30.0 Å². The number of aliphatic hydroxyl groups excluding tert-OH is 1. The van der Waals surface area contributed by atoms with E-state index in [-0.39, 0.29) is 31.6 Å². The van der Waals surface area contributed by atoms with Gasteiger partial charge in [-0.25, -0.2) is 0 Å². The van der Waals surface area contributed by atoms with Gasteiger partial charge in [-0.1, -0.05) is 48.5 Å². The van der Waals surface area contributed by atoms with Gasteiger partial charge in [0.1, 0.15) is 0 Å². The normalized spacial score (nSPS) is 9.75. The van der Waals surface area contributed by atoms with Crippen LogP contribution in [-0.4, -0.2) is 25.7 Å². The second-order valence-corrected chi connectivity index (χ2v) is 6.50. The van der Waals surface area contributed by atoms with Crippen molar-refractivity contribution in [2.24, 2.45) is 0 Å². The zero-order valence-corrected chi connectivity index (χ0v) is 20.4. The van der Waals surface area contributed by atoms with E-state index < -0.39 is 0 Å². The number of aromatic nitrogens is 2. The summed E-state index contributed by atoms with van der Waals surface area (Å²) in [6.07, 6.45) is 4.87. The molecule has 1 radical (unpaired) electrons. The minimum Gasteiger partial charge on any atom is -0.512 e. The molecule has 5 heteroatoms. The van der Waals surface area contributed by atoms with Gasteiger partial charge >= 0.3 is 5.78 Å². The molecular weight excluding hydrogens is 577 g/mol. The molecule has 2 heterocycles. The van der Waals surface area contributed by atoms with Crippen molar-refractivity contribution in [1.29, 1.82) is 0 Å². The first-order valence-corrected chi connectivity index (χ1v) is 9.80. The van der Waals surface area contributed by atoms with Gasteiger partial charge in [0.25, 0.3) is 0 Å².